The summed E-state index contributed by atoms with van der Waals surface area (Å²) in [5, 5.41) is 2.87. The largest absolute Gasteiger partial charge is 0.481 e. The van der Waals surface area contributed by atoms with Gasteiger partial charge in [-0.05, 0) is 33.1 Å². The molecule has 4 heteroatoms. The minimum Gasteiger partial charge on any atom is -0.481 e. The zero-order valence-corrected chi connectivity index (χ0v) is 10.3. The predicted molar refractivity (Wildman–Crippen MR) is 64.0 cm³/mol. The van der Waals surface area contributed by atoms with Crippen molar-refractivity contribution in [3.05, 3.63) is 23.4 Å². The van der Waals surface area contributed by atoms with Gasteiger partial charge in [0.05, 0.1) is 7.11 Å². The van der Waals surface area contributed by atoms with Gasteiger partial charge in [-0.15, -0.1) is 0 Å². The molecule has 68 valence electrons. The molecule has 0 atom stereocenters. The molecular formula is C9H8INOS. The minimum atomic E-state index is 0.644. The van der Waals surface area contributed by atoms with E-state index in [4.69, 9.17) is 4.74 Å². The molecule has 0 aliphatic rings. The van der Waals surface area contributed by atoms with E-state index >= 15 is 0 Å². The first kappa shape index (κ1) is 10.7. The van der Waals surface area contributed by atoms with Gasteiger partial charge in [-0.3, -0.25) is 0 Å². The summed E-state index contributed by atoms with van der Waals surface area (Å²) in [7, 11) is 3.05. The first-order valence-electron chi connectivity index (χ1n) is 3.58. The first-order chi connectivity index (χ1) is 6.27. The summed E-state index contributed by atoms with van der Waals surface area (Å²) in [6.45, 7) is 1.95. The molecule has 0 bridgehead atoms. The number of pyridine rings is 1. The van der Waals surface area contributed by atoms with E-state index in [1.807, 2.05) is 19.1 Å². The Labute approximate surface area is 94.1 Å². The van der Waals surface area contributed by atoms with Crippen LogP contribution in [0.25, 0.3) is 0 Å². The lowest BCUT2D eigenvalue weighted by atomic mass is 10.2. The fourth-order valence-corrected chi connectivity index (χ4v) is 1.33. The van der Waals surface area contributed by atoms with Gasteiger partial charge in [0, 0.05) is 26.8 Å². The van der Waals surface area contributed by atoms with Crippen LogP contribution in [0.5, 0.6) is 5.88 Å². The monoisotopic (exact) mass is 305 g/mol. The Morgan fingerprint density at radius 1 is 1.54 bits per heavy atom. The Morgan fingerprint density at radius 3 is 2.92 bits per heavy atom. The average Bonchev–Trinajstić information content (AvgIpc) is 2.16. The second-order valence-corrected chi connectivity index (χ2v) is 4.01. The molecule has 1 aromatic heterocycles. The summed E-state index contributed by atoms with van der Waals surface area (Å²) >= 11 is 2.12. The van der Waals surface area contributed by atoms with Gasteiger partial charge in [-0.25, -0.2) is 4.98 Å². The summed E-state index contributed by atoms with van der Waals surface area (Å²) < 4.78 is 5.08. The smallest absolute Gasteiger partial charge is 0.217 e. The molecule has 0 aromatic carbocycles. The van der Waals surface area contributed by atoms with Gasteiger partial charge >= 0.3 is 0 Å². The van der Waals surface area contributed by atoms with Crippen molar-refractivity contribution in [1.29, 1.82) is 0 Å². The fraction of sp³-hybridized carbons (Fsp3) is 0.222. The highest BCUT2D eigenvalue weighted by Crippen LogP contribution is 2.14. The SMILES string of the molecule is COc1nc(C#CSI)ccc1C. The van der Waals surface area contributed by atoms with Crippen LogP contribution < -0.4 is 4.74 Å². The van der Waals surface area contributed by atoms with E-state index in [0.29, 0.717) is 5.88 Å². The van der Waals surface area contributed by atoms with Crippen LogP contribution in [0.3, 0.4) is 0 Å². The van der Waals surface area contributed by atoms with Crippen LogP contribution in [0.2, 0.25) is 0 Å². The maximum atomic E-state index is 5.08. The summed E-state index contributed by atoms with van der Waals surface area (Å²) in [6, 6.07) is 3.84. The van der Waals surface area contributed by atoms with Crippen molar-refractivity contribution in [1.82, 2.24) is 4.98 Å². The molecule has 0 saturated heterocycles. The highest BCUT2D eigenvalue weighted by molar-refractivity contribution is 14.2. The Bertz CT molecular complexity index is 356. The third kappa shape index (κ3) is 3.08. The molecule has 0 radical (unpaired) electrons. The molecule has 1 aromatic rings. The van der Waals surface area contributed by atoms with Crippen molar-refractivity contribution in [3.63, 3.8) is 0 Å². The average molecular weight is 305 g/mol. The van der Waals surface area contributed by atoms with E-state index < -0.39 is 0 Å². The van der Waals surface area contributed by atoms with Gasteiger partial charge < -0.3 is 4.74 Å². The van der Waals surface area contributed by atoms with E-state index in [1.165, 1.54) is 8.93 Å². The highest BCUT2D eigenvalue weighted by Gasteiger charge is 1.99. The molecular weight excluding hydrogens is 297 g/mol. The van der Waals surface area contributed by atoms with Crippen LogP contribution in [0.4, 0.5) is 0 Å². The van der Waals surface area contributed by atoms with Crippen molar-refractivity contribution in [3.8, 4) is 17.1 Å². The Kier molecular flexibility index (Phi) is 4.39. The van der Waals surface area contributed by atoms with E-state index in [-0.39, 0.29) is 0 Å². The summed E-state index contributed by atoms with van der Waals surface area (Å²) in [6.07, 6.45) is 0. The van der Waals surface area contributed by atoms with Crippen LogP contribution >= 0.6 is 30.1 Å². The van der Waals surface area contributed by atoms with Gasteiger partial charge in [0.1, 0.15) is 5.69 Å². The minimum absolute atomic E-state index is 0.644. The van der Waals surface area contributed by atoms with Gasteiger partial charge in [0.2, 0.25) is 5.88 Å². The number of hydrogen-bond acceptors (Lipinski definition) is 3. The van der Waals surface area contributed by atoms with E-state index in [1.54, 1.807) is 7.11 Å². The number of aryl methyl sites for hydroxylation is 1. The lowest BCUT2D eigenvalue weighted by Gasteiger charge is -2.01. The van der Waals surface area contributed by atoms with E-state index in [9.17, 15) is 0 Å². The molecule has 0 aliphatic heterocycles. The molecule has 0 amide bonds. The quantitative estimate of drug-likeness (QED) is 0.588. The maximum absolute atomic E-state index is 5.08. The zero-order chi connectivity index (χ0) is 9.68. The molecule has 0 spiro atoms. The third-order valence-electron chi connectivity index (χ3n) is 1.46. The molecule has 1 rings (SSSR count). The van der Waals surface area contributed by atoms with Crippen molar-refractivity contribution in [2.45, 2.75) is 6.92 Å². The van der Waals surface area contributed by atoms with Gasteiger partial charge in [-0.2, -0.15) is 0 Å². The summed E-state index contributed by atoms with van der Waals surface area (Å²) in [5.74, 6) is 3.55. The maximum Gasteiger partial charge on any atom is 0.217 e. The van der Waals surface area contributed by atoms with E-state index in [2.05, 4.69) is 37.4 Å². The van der Waals surface area contributed by atoms with Crippen LogP contribution in [0.15, 0.2) is 12.1 Å². The normalized spacial score (nSPS) is 8.85. The predicted octanol–water partition coefficient (Wildman–Crippen LogP) is 2.79. The number of aromatic nitrogens is 1. The molecule has 0 N–H and O–H groups in total. The number of methoxy groups -OCH3 is 1. The van der Waals surface area contributed by atoms with Gasteiger partial charge in [0.15, 0.2) is 0 Å². The van der Waals surface area contributed by atoms with Gasteiger partial charge in [-0.1, -0.05) is 6.07 Å². The second kappa shape index (κ2) is 5.35. The number of hydrogen-bond donors (Lipinski definition) is 0. The third-order valence-corrected chi connectivity index (χ3v) is 2.30. The molecule has 2 nitrogen and oxygen atoms in total. The second-order valence-electron chi connectivity index (χ2n) is 2.33. The van der Waals surface area contributed by atoms with Crippen LogP contribution in [0, 0.1) is 18.1 Å². The molecule has 0 aliphatic carbocycles. The summed E-state index contributed by atoms with van der Waals surface area (Å²) in [4.78, 5) is 4.22. The van der Waals surface area contributed by atoms with Crippen LogP contribution in [0.1, 0.15) is 11.3 Å². The number of nitrogens with zero attached hydrogens (tertiary/aromatic N) is 1. The number of rotatable bonds is 1. The molecule has 0 saturated carbocycles. The molecule has 13 heavy (non-hydrogen) atoms. The lowest BCUT2D eigenvalue weighted by Crippen LogP contribution is -1.92. The Balaban J connectivity index is 2.99. The zero-order valence-electron chi connectivity index (χ0n) is 7.30. The highest BCUT2D eigenvalue weighted by atomic mass is 127. The van der Waals surface area contributed by atoms with Crippen LogP contribution in [-0.2, 0) is 0 Å². The molecule has 0 unspecified atom stereocenters. The first-order valence-corrected chi connectivity index (χ1v) is 6.94. The van der Waals surface area contributed by atoms with E-state index in [0.717, 1.165) is 11.3 Å². The Hall–Kier alpha value is -0.410. The number of ether oxygens (including phenoxy) is 1. The van der Waals surface area contributed by atoms with Crippen molar-refractivity contribution in [2.24, 2.45) is 0 Å². The topological polar surface area (TPSA) is 22.1 Å². The van der Waals surface area contributed by atoms with Gasteiger partial charge in [0.25, 0.3) is 0 Å². The van der Waals surface area contributed by atoms with Crippen molar-refractivity contribution < 1.29 is 4.74 Å². The lowest BCUT2D eigenvalue weighted by molar-refractivity contribution is 0.394. The fourth-order valence-electron chi connectivity index (χ4n) is 0.858. The molecule has 1 heterocycles. The van der Waals surface area contributed by atoms with Crippen LogP contribution in [-0.4, -0.2) is 12.1 Å². The van der Waals surface area contributed by atoms with Crippen molar-refractivity contribution >= 4 is 30.1 Å². The molecule has 0 fully saturated rings. The standard InChI is InChI=1S/C9H8INOS/c1-7-3-4-8(5-6-13-10)11-9(7)12-2/h3-4H,1-2H3. The Morgan fingerprint density at radius 2 is 2.31 bits per heavy atom. The van der Waals surface area contributed by atoms with Crippen molar-refractivity contribution in [2.75, 3.05) is 7.11 Å². The number of halogens is 1. The summed E-state index contributed by atoms with van der Waals surface area (Å²) in [5.41, 5.74) is 1.77.